The molecule has 104 valence electrons. The molecule has 0 aromatic heterocycles. The minimum Gasteiger partial charge on any atom is -0.508 e. The standard InChI is InChI=1S/C15H14O5/c16-11-5-3-9(4-6-11)1-2-10-7-12(17)14(15(19)20)13(18)8-10/h3-8,16-18H,1-2H2,(H,19,20). The molecule has 2 aromatic rings. The Balaban J connectivity index is 2.14. The lowest BCUT2D eigenvalue weighted by molar-refractivity contribution is 0.0690. The second kappa shape index (κ2) is 5.52. The molecule has 0 heterocycles. The van der Waals surface area contributed by atoms with E-state index >= 15 is 0 Å². The van der Waals surface area contributed by atoms with Gasteiger partial charge in [0.05, 0.1) is 0 Å². The van der Waals surface area contributed by atoms with Gasteiger partial charge >= 0.3 is 5.97 Å². The highest BCUT2D eigenvalue weighted by Crippen LogP contribution is 2.29. The van der Waals surface area contributed by atoms with E-state index in [-0.39, 0.29) is 5.75 Å². The number of carbonyl (C=O) groups is 1. The average molecular weight is 274 g/mol. The molecule has 0 radical (unpaired) electrons. The predicted octanol–water partition coefficient (Wildman–Crippen LogP) is 2.29. The van der Waals surface area contributed by atoms with Crippen molar-refractivity contribution in [1.82, 2.24) is 0 Å². The molecular weight excluding hydrogens is 260 g/mol. The van der Waals surface area contributed by atoms with Gasteiger partial charge in [0, 0.05) is 0 Å². The molecule has 0 aliphatic rings. The van der Waals surface area contributed by atoms with E-state index in [1.165, 1.54) is 12.1 Å². The van der Waals surface area contributed by atoms with Crippen LogP contribution in [0.1, 0.15) is 21.5 Å². The highest BCUT2D eigenvalue weighted by molar-refractivity contribution is 5.94. The molecule has 2 rings (SSSR count). The third-order valence-electron chi connectivity index (χ3n) is 3.01. The fraction of sp³-hybridized carbons (Fsp3) is 0.133. The van der Waals surface area contributed by atoms with Crippen molar-refractivity contribution in [3.63, 3.8) is 0 Å². The summed E-state index contributed by atoms with van der Waals surface area (Å²) >= 11 is 0. The first-order valence-electron chi connectivity index (χ1n) is 6.03. The largest absolute Gasteiger partial charge is 0.508 e. The number of phenolic OH excluding ortho intramolecular Hbond substituents is 1. The second-order valence-corrected chi connectivity index (χ2v) is 4.48. The van der Waals surface area contributed by atoms with Crippen molar-refractivity contribution in [3.8, 4) is 17.2 Å². The van der Waals surface area contributed by atoms with Gasteiger partial charge in [-0.3, -0.25) is 0 Å². The molecule has 0 atom stereocenters. The lowest BCUT2D eigenvalue weighted by atomic mass is 10.0. The van der Waals surface area contributed by atoms with E-state index in [0.29, 0.717) is 18.4 Å². The molecule has 0 fully saturated rings. The molecule has 0 saturated carbocycles. The summed E-state index contributed by atoms with van der Waals surface area (Å²) in [5.74, 6) is -2.07. The van der Waals surface area contributed by atoms with Crippen molar-refractivity contribution in [1.29, 1.82) is 0 Å². The summed E-state index contributed by atoms with van der Waals surface area (Å²) in [5, 5.41) is 37.2. The second-order valence-electron chi connectivity index (χ2n) is 4.48. The Morgan fingerprint density at radius 3 is 1.85 bits per heavy atom. The number of hydrogen-bond acceptors (Lipinski definition) is 4. The number of benzene rings is 2. The third kappa shape index (κ3) is 3.00. The topological polar surface area (TPSA) is 98.0 Å². The van der Waals surface area contributed by atoms with Gasteiger partial charge in [0.15, 0.2) is 0 Å². The van der Waals surface area contributed by atoms with E-state index in [2.05, 4.69) is 0 Å². The van der Waals surface area contributed by atoms with Gasteiger partial charge in [-0.2, -0.15) is 0 Å². The van der Waals surface area contributed by atoms with Crippen molar-refractivity contribution in [2.45, 2.75) is 12.8 Å². The molecule has 0 saturated heterocycles. The summed E-state index contributed by atoms with van der Waals surface area (Å²) in [5.41, 5.74) is 1.14. The van der Waals surface area contributed by atoms with Crippen LogP contribution in [0.15, 0.2) is 36.4 Å². The third-order valence-corrected chi connectivity index (χ3v) is 3.01. The minimum atomic E-state index is -1.37. The maximum absolute atomic E-state index is 10.8. The van der Waals surface area contributed by atoms with Crippen LogP contribution in [0.25, 0.3) is 0 Å². The van der Waals surface area contributed by atoms with Crippen molar-refractivity contribution in [2.24, 2.45) is 0 Å². The quantitative estimate of drug-likeness (QED) is 0.685. The van der Waals surface area contributed by atoms with Crippen molar-refractivity contribution in [2.75, 3.05) is 0 Å². The Bertz CT molecular complexity index is 608. The molecular formula is C15H14O5. The smallest absolute Gasteiger partial charge is 0.343 e. The molecule has 2 aromatic carbocycles. The number of aryl methyl sites for hydroxylation is 2. The van der Waals surface area contributed by atoms with Gasteiger partial charge in [0.2, 0.25) is 0 Å². The zero-order valence-electron chi connectivity index (χ0n) is 10.6. The first kappa shape index (κ1) is 13.7. The number of hydrogen-bond donors (Lipinski definition) is 4. The molecule has 4 N–H and O–H groups in total. The van der Waals surface area contributed by atoms with E-state index in [0.717, 1.165) is 5.56 Å². The number of phenols is 3. The van der Waals surface area contributed by atoms with Crippen LogP contribution in [0.2, 0.25) is 0 Å². The number of carboxylic acid groups (broad SMARTS) is 1. The maximum atomic E-state index is 10.8. The fourth-order valence-electron chi connectivity index (χ4n) is 1.98. The molecule has 0 bridgehead atoms. The van der Waals surface area contributed by atoms with Gasteiger partial charge in [0.1, 0.15) is 22.8 Å². The number of aromatic carboxylic acids is 1. The van der Waals surface area contributed by atoms with E-state index in [1.807, 2.05) is 0 Å². The highest BCUT2D eigenvalue weighted by atomic mass is 16.4. The zero-order chi connectivity index (χ0) is 14.7. The Labute approximate surface area is 115 Å². The van der Waals surface area contributed by atoms with Gasteiger partial charge in [0.25, 0.3) is 0 Å². The Morgan fingerprint density at radius 1 is 0.850 bits per heavy atom. The van der Waals surface area contributed by atoms with Crippen molar-refractivity contribution >= 4 is 5.97 Å². The van der Waals surface area contributed by atoms with E-state index < -0.39 is 23.0 Å². The SMILES string of the molecule is O=C(O)c1c(O)cc(CCc2ccc(O)cc2)cc1O. The first-order valence-corrected chi connectivity index (χ1v) is 6.03. The van der Waals surface area contributed by atoms with Gasteiger partial charge in [-0.25, -0.2) is 4.79 Å². The molecule has 0 amide bonds. The maximum Gasteiger partial charge on any atom is 0.343 e. The van der Waals surface area contributed by atoms with Crippen molar-refractivity contribution in [3.05, 3.63) is 53.1 Å². The molecule has 5 heteroatoms. The molecule has 0 spiro atoms. The molecule has 0 aliphatic heterocycles. The Hall–Kier alpha value is -2.69. The summed E-state index contributed by atoms with van der Waals surface area (Å²) in [6.07, 6.45) is 1.18. The predicted molar refractivity (Wildman–Crippen MR) is 72.2 cm³/mol. The Kier molecular flexibility index (Phi) is 3.79. The number of rotatable bonds is 4. The monoisotopic (exact) mass is 274 g/mol. The lowest BCUT2D eigenvalue weighted by Crippen LogP contribution is -1.99. The van der Waals surface area contributed by atoms with Crippen LogP contribution >= 0.6 is 0 Å². The summed E-state index contributed by atoms with van der Waals surface area (Å²) < 4.78 is 0. The zero-order valence-corrected chi connectivity index (χ0v) is 10.6. The number of aromatic hydroxyl groups is 3. The first-order chi connectivity index (χ1) is 9.47. The summed E-state index contributed by atoms with van der Waals surface area (Å²) in [6.45, 7) is 0. The molecule has 20 heavy (non-hydrogen) atoms. The van der Waals surface area contributed by atoms with Gasteiger partial charge in [-0.1, -0.05) is 12.1 Å². The fourth-order valence-corrected chi connectivity index (χ4v) is 1.98. The van der Waals surface area contributed by atoms with E-state index in [1.54, 1.807) is 24.3 Å². The van der Waals surface area contributed by atoms with Crippen LogP contribution in [0, 0.1) is 0 Å². The minimum absolute atomic E-state index is 0.190. The van der Waals surface area contributed by atoms with Gasteiger partial charge in [-0.05, 0) is 48.2 Å². The normalized spacial score (nSPS) is 10.4. The molecule has 5 nitrogen and oxygen atoms in total. The number of carboxylic acids is 1. The van der Waals surface area contributed by atoms with Crippen LogP contribution < -0.4 is 0 Å². The van der Waals surface area contributed by atoms with Crippen LogP contribution in [-0.2, 0) is 12.8 Å². The molecule has 0 aliphatic carbocycles. The van der Waals surface area contributed by atoms with Crippen LogP contribution in [0.5, 0.6) is 17.2 Å². The van der Waals surface area contributed by atoms with Crippen LogP contribution in [0.4, 0.5) is 0 Å². The lowest BCUT2D eigenvalue weighted by Gasteiger charge is -2.07. The average Bonchev–Trinajstić information content (AvgIpc) is 2.37. The highest BCUT2D eigenvalue weighted by Gasteiger charge is 2.16. The van der Waals surface area contributed by atoms with Crippen LogP contribution in [0.3, 0.4) is 0 Å². The van der Waals surface area contributed by atoms with Gasteiger partial charge in [-0.15, -0.1) is 0 Å². The summed E-state index contributed by atoms with van der Waals surface area (Å²) in [7, 11) is 0. The summed E-state index contributed by atoms with van der Waals surface area (Å²) in [6, 6.07) is 9.39. The van der Waals surface area contributed by atoms with Gasteiger partial charge < -0.3 is 20.4 Å². The molecule has 0 unspecified atom stereocenters. The van der Waals surface area contributed by atoms with Crippen LogP contribution in [-0.4, -0.2) is 26.4 Å². The van der Waals surface area contributed by atoms with E-state index in [4.69, 9.17) is 5.11 Å². The van der Waals surface area contributed by atoms with E-state index in [9.17, 15) is 20.1 Å². The van der Waals surface area contributed by atoms with Crippen molar-refractivity contribution < 1.29 is 25.2 Å². The summed E-state index contributed by atoms with van der Waals surface area (Å²) in [4.78, 5) is 10.8. The Morgan fingerprint density at radius 2 is 1.35 bits per heavy atom.